The van der Waals surface area contributed by atoms with Crippen molar-refractivity contribution in [1.29, 1.82) is 0 Å². The molecule has 0 amide bonds. The van der Waals surface area contributed by atoms with E-state index in [-0.39, 0.29) is 36.2 Å². The van der Waals surface area contributed by atoms with Gasteiger partial charge in [0.25, 0.3) is 0 Å². The number of aliphatic imine (C=N–C) groups is 1. The lowest BCUT2D eigenvalue weighted by Gasteiger charge is -2.37. The number of hydrogen-bond acceptors (Lipinski definition) is 4. The molecule has 2 saturated heterocycles. The van der Waals surface area contributed by atoms with Gasteiger partial charge in [0, 0.05) is 32.8 Å². The molecule has 24 heavy (non-hydrogen) atoms. The Morgan fingerprint density at radius 1 is 1.21 bits per heavy atom. The molecule has 2 aliphatic rings. The fourth-order valence-corrected chi connectivity index (χ4v) is 2.98. The molecule has 0 aliphatic carbocycles. The molecular formula is C17H34IN3O3. The number of ether oxygens (including phenoxy) is 3. The van der Waals surface area contributed by atoms with Crippen LogP contribution in [0.5, 0.6) is 0 Å². The van der Waals surface area contributed by atoms with E-state index < -0.39 is 0 Å². The predicted octanol–water partition coefficient (Wildman–Crippen LogP) is 2.27. The van der Waals surface area contributed by atoms with E-state index in [1.807, 2.05) is 0 Å². The van der Waals surface area contributed by atoms with Gasteiger partial charge in [0.05, 0.1) is 25.9 Å². The van der Waals surface area contributed by atoms with Gasteiger partial charge in [-0.1, -0.05) is 13.3 Å². The fourth-order valence-electron chi connectivity index (χ4n) is 2.98. The van der Waals surface area contributed by atoms with Gasteiger partial charge in [-0.2, -0.15) is 0 Å². The van der Waals surface area contributed by atoms with Crippen molar-refractivity contribution in [3.8, 4) is 0 Å². The molecule has 0 bridgehead atoms. The Bertz CT molecular complexity index is 352. The first-order chi connectivity index (χ1) is 11.3. The van der Waals surface area contributed by atoms with Crippen LogP contribution in [0.25, 0.3) is 0 Å². The van der Waals surface area contributed by atoms with Crippen LogP contribution in [0.1, 0.15) is 39.5 Å². The second-order valence-electron chi connectivity index (χ2n) is 6.11. The maximum atomic E-state index is 5.92. The molecule has 142 valence electrons. The van der Waals surface area contributed by atoms with Crippen LogP contribution in [0.3, 0.4) is 0 Å². The molecule has 2 rings (SSSR count). The summed E-state index contributed by atoms with van der Waals surface area (Å²) in [6.07, 6.45) is 4.96. The van der Waals surface area contributed by atoms with Crippen LogP contribution in [-0.2, 0) is 14.2 Å². The van der Waals surface area contributed by atoms with Crippen molar-refractivity contribution < 1.29 is 14.2 Å². The minimum atomic E-state index is 0. The monoisotopic (exact) mass is 455 g/mol. The minimum absolute atomic E-state index is 0. The number of nitrogens with zero attached hydrogens (tertiary/aromatic N) is 2. The average molecular weight is 455 g/mol. The van der Waals surface area contributed by atoms with Gasteiger partial charge < -0.3 is 24.4 Å². The van der Waals surface area contributed by atoms with Gasteiger partial charge in [0.1, 0.15) is 6.10 Å². The van der Waals surface area contributed by atoms with Crippen LogP contribution in [0, 0.1) is 0 Å². The largest absolute Gasteiger partial charge is 0.380 e. The zero-order chi connectivity index (χ0) is 16.3. The third-order valence-corrected chi connectivity index (χ3v) is 4.25. The summed E-state index contributed by atoms with van der Waals surface area (Å²) in [7, 11) is 0. The SMILES string of the molecule is CCCCOCCN=C(NCC)N1CCOC(C2CCCO2)C1.I. The Morgan fingerprint density at radius 3 is 2.75 bits per heavy atom. The first kappa shape index (κ1) is 21.9. The summed E-state index contributed by atoms with van der Waals surface area (Å²) >= 11 is 0. The highest BCUT2D eigenvalue weighted by molar-refractivity contribution is 14.0. The van der Waals surface area contributed by atoms with Crippen LogP contribution >= 0.6 is 24.0 Å². The number of rotatable bonds is 8. The summed E-state index contributed by atoms with van der Waals surface area (Å²) < 4.78 is 17.3. The molecular weight excluding hydrogens is 421 g/mol. The Hall–Kier alpha value is -0.120. The molecule has 2 unspecified atom stereocenters. The maximum Gasteiger partial charge on any atom is 0.194 e. The Labute approximate surface area is 163 Å². The molecule has 0 aromatic rings. The molecule has 6 nitrogen and oxygen atoms in total. The standard InChI is InChI=1S/C17H33N3O3.HI/c1-3-5-10-21-12-8-19-17(18-4-2)20-9-13-23-16(14-20)15-7-6-11-22-15;/h15-16H,3-14H2,1-2H3,(H,18,19);1H. The Balaban J connectivity index is 0.00000288. The van der Waals surface area contributed by atoms with Gasteiger partial charge in [-0.3, -0.25) is 4.99 Å². The van der Waals surface area contributed by atoms with Gasteiger partial charge in [-0.25, -0.2) is 0 Å². The third-order valence-electron chi connectivity index (χ3n) is 4.25. The minimum Gasteiger partial charge on any atom is -0.380 e. The van der Waals surface area contributed by atoms with Gasteiger partial charge >= 0.3 is 0 Å². The number of halogens is 1. The van der Waals surface area contributed by atoms with Crippen molar-refractivity contribution in [3.05, 3.63) is 0 Å². The third kappa shape index (κ3) is 7.41. The normalized spacial score (nSPS) is 24.8. The topological polar surface area (TPSA) is 55.3 Å². The van der Waals surface area contributed by atoms with Crippen molar-refractivity contribution >= 4 is 29.9 Å². The predicted molar refractivity (Wildman–Crippen MR) is 107 cm³/mol. The lowest BCUT2D eigenvalue weighted by Crippen LogP contribution is -2.53. The second-order valence-corrected chi connectivity index (χ2v) is 6.11. The van der Waals surface area contributed by atoms with Crippen LogP contribution in [0.4, 0.5) is 0 Å². The molecule has 0 saturated carbocycles. The zero-order valence-electron chi connectivity index (χ0n) is 15.2. The summed E-state index contributed by atoms with van der Waals surface area (Å²) in [6.45, 7) is 10.7. The number of nitrogens with one attached hydrogen (secondary N) is 1. The van der Waals surface area contributed by atoms with Crippen molar-refractivity contribution in [2.24, 2.45) is 4.99 Å². The van der Waals surface area contributed by atoms with E-state index in [4.69, 9.17) is 19.2 Å². The molecule has 0 radical (unpaired) electrons. The highest BCUT2D eigenvalue weighted by atomic mass is 127. The quantitative estimate of drug-likeness (QED) is 0.264. The van der Waals surface area contributed by atoms with E-state index in [0.717, 1.165) is 64.7 Å². The van der Waals surface area contributed by atoms with E-state index in [0.29, 0.717) is 13.2 Å². The number of morpholine rings is 1. The van der Waals surface area contributed by atoms with Crippen LogP contribution in [0.2, 0.25) is 0 Å². The van der Waals surface area contributed by atoms with E-state index in [2.05, 4.69) is 24.1 Å². The van der Waals surface area contributed by atoms with E-state index in [1.54, 1.807) is 0 Å². The molecule has 7 heteroatoms. The zero-order valence-corrected chi connectivity index (χ0v) is 17.5. The van der Waals surface area contributed by atoms with Crippen molar-refractivity contribution in [2.45, 2.75) is 51.7 Å². The molecule has 0 aromatic heterocycles. The lowest BCUT2D eigenvalue weighted by atomic mass is 10.1. The Kier molecular flexibility index (Phi) is 12.0. The van der Waals surface area contributed by atoms with Gasteiger partial charge in [0.2, 0.25) is 0 Å². The molecule has 2 aliphatic heterocycles. The van der Waals surface area contributed by atoms with E-state index in [1.165, 1.54) is 6.42 Å². The van der Waals surface area contributed by atoms with E-state index >= 15 is 0 Å². The molecule has 2 heterocycles. The first-order valence-corrected chi connectivity index (χ1v) is 9.19. The molecule has 0 aromatic carbocycles. The van der Waals surface area contributed by atoms with Crippen molar-refractivity contribution in [1.82, 2.24) is 10.2 Å². The summed E-state index contributed by atoms with van der Waals surface area (Å²) in [6, 6.07) is 0. The van der Waals surface area contributed by atoms with Crippen LogP contribution in [0.15, 0.2) is 4.99 Å². The fraction of sp³-hybridized carbons (Fsp3) is 0.941. The second kappa shape index (κ2) is 13.1. The van der Waals surface area contributed by atoms with Crippen molar-refractivity contribution in [2.75, 3.05) is 52.6 Å². The number of hydrogen-bond donors (Lipinski definition) is 1. The van der Waals surface area contributed by atoms with Gasteiger partial charge in [-0.05, 0) is 26.2 Å². The summed E-state index contributed by atoms with van der Waals surface area (Å²) in [5, 5.41) is 3.39. The van der Waals surface area contributed by atoms with Gasteiger partial charge in [-0.15, -0.1) is 24.0 Å². The van der Waals surface area contributed by atoms with Gasteiger partial charge in [0.15, 0.2) is 5.96 Å². The highest BCUT2D eigenvalue weighted by Crippen LogP contribution is 2.21. The molecule has 0 spiro atoms. The van der Waals surface area contributed by atoms with Crippen LogP contribution in [-0.4, -0.2) is 75.7 Å². The Morgan fingerprint density at radius 2 is 2.04 bits per heavy atom. The maximum absolute atomic E-state index is 5.92. The molecule has 1 N–H and O–H groups in total. The van der Waals surface area contributed by atoms with Crippen LogP contribution < -0.4 is 5.32 Å². The molecule has 2 atom stereocenters. The average Bonchev–Trinajstić information content (AvgIpc) is 3.12. The number of unbranched alkanes of at least 4 members (excludes halogenated alkanes) is 1. The summed E-state index contributed by atoms with van der Waals surface area (Å²) in [5.74, 6) is 0.970. The summed E-state index contributed by atoms with van der Waals surface area (Å²) in [5.41, 5.74) is 0. The highest BCUT2D eigenvalue weighted by Gasteiger charge is 2.32. The summed E-state index contributed by atoms with van der Waals surface area (Å²) in [4.78, 5) is 7.00. The smallest absolute Gasteiger partial charge is 0.194 e. The van der Waals surface area contributed by atoms with E-state index in [9.17, 15) is 0 Å². The first-order valence-electron chi connectivity index (χ1n) is 9.19. The lowest BCUT2D eigenvalue weighted by molar-refractivity contribution is -0.0817. The van der Waals surface area contributed by atoms with Crippen molar-refractivity contribution in [3.63, 3.8) is 0 Å². The molecule has 2 fully saturated rings. The number of guanidine groups is 1.